The van der Waals surface area contributed by atoms with Crippen LogP contribution >= 0.6 is 23.2 Å². The molecule has 0 N–H and O–H groups in total. The maximum absolute atomic E-state index is 11.4. The highest BCUT2D eigenvalue weighted by molar-refractivity contribution is 6.42. The van der Waals surface area contributed by atoms with Crippen molar-refractivity contribution in [3.8, 4) is 0 Å². The zero-order valence-electron chi connectivity index (χ0n) is 7.53. The van der Waals surface area contributed by atoms with Crippen molar-refractivity contribution in [2.75, 3.05) is 0 Å². The Morgan fingerprint density at radius 2 is 1.85 bits per heavy atom. The van der Waals surface area contributed by atoms with Crippen LogP contribution in [0.2, 0.25) is 10.0 Å². The summed E-state index contributed by atoms with van der Waals surface area (Å²) in [5.41, 5.74) is 1.54. The number of aryl methyl sites for hydroxylation is 1. The van der Waals surface area contributed by atoms with Crippen molar-refractivity contribution in [3.63, 3.8) is 0 Å². The molecular weight excluding hydrogens is 207 g/mol. The second-order valence-corrected chi connectivity index (χ2v) is 3.67. The highest BCUT2D eigenvalue weighted by atomic mass is 35.5. The summed E-state index contributed by atoms with van der Waals surface area (Å²) >= 11 is 11.6. The Labute approximate surface area is 87.7 Å². The summed E-state index contributed by atoms with van der Waals surface area (Å²) in [5.74, 6) is 0.0936. The van der Waals surface area contributed by atoms with E-state index >= 15 is 0 Å². The lowest BCUT2D eigenvalue weighted by Gasteiger charge is -2.05. The quantitative estimate of drug-likeness (QED) is 0.686. The Balaban J connectivity index is 3.23. The zero-order valence-corrected chi connectivity index (χ0v) is 9.04. The fourth-order valence-electron chi connectivity index (χ4n) is 1.14. The van der Waals surface area contributed by atoms with Crippen molar-refractivity contribution in [2.24, 2.45) is 0 Å². The van der Waals surface area contributed by atoms with E-state index in [0.717, 1.165) is 5.56 Å². The van der Waals surface area contributed by atoms with Crippen LogP contribution in [0.15, 0.2) is 12.1 Å². The predicted molar refractivity (Wildman–Crippen MR) is 55.8 cm³/mol. The van der Waals surface area contributed by atoms with Crippen LogP contribution in [-0.2, 0) is 0 Å². The first-order valence-corrected chi connectivity index (χ1v) is 4.80. The number of ketones is 1. The van der Waals surface area contributed by atoms with Gasteiger partial charge in [0.15, 0.2) is 5.78 Å². The van der Waals surface area contributed by atoms with E-state index < -0.39 is 0 Å². The van der Waals surface area contributed by atoms with E-state index in [9.17, 15) is 4.79 Å². The normalized spacial score (nSPS) is 10.2. The number of halogens is 2. The average molecular weight is 217 g/mol. The van der Waals surface area contributed by atoms with Crippen LogP contribution in [0.3, 0.4) is 0 Å². The number of hydrogen-bond acceptors (Lipinski definition) is 1. The maximum atomic E-state index is 11.4. The van der Waals surface area contributed by atoms with Gasteiger partial charge >= 0.3 is 0 Å². The molecule has 0 spiro atoms. The SMILES string of the molecule is CCC(=O)c1cc(Cl)c(Cl)cc1C. The molecule has 0 atom stereocenters. The number of carbonyl (C=O) groups excluding carboxylic acids is 1. The number of Topliss-reactive ketones (excluding diaryl/α,β-unsaturated/α-hetero) is 1. The van der Waals surface area contributed by atoms with Crippen molar-refractivity contribution in [1.29, 1.82) is 0 Å². The standard InChI is InChI=1S/C10H10Cl2O/c1-3-10(13)7-5-9(12)8(11)4-6(7)2/h4-5H,3H2,1-2H3. The maximum Gasteiger partial charge on any atom is 0.162 e. The van der Waals surface area contributed by atoms with Crippen molar-refractivity contribution in [2.45, 2.75) is 20.3 Å². The molecule has 0 aromatic heterocycles. The molecule has 1 rings (SSSR count). The van der Waals surface area contributed by atoms with Gasteiger partial charge in [-0.25, -0.2) is 0 Å². The fourth-order valence-corrected chi connectivity index (χ4v) is 1.52. The van der Waals surface area contributed by atoms with Crippen molar-refractivity contribution in [3.05, 3.63) is 33.3 Å². The minimum atomic E-state index is 0.0936. The molecule has 0 bridgehead atoms. The van der Waals surface area contributed by atoms with Crippen LogP contribution in [0, 0.1) is 6.92 Å². The van der Waals surface area contributed by atoms with E-state index in [0.29, 0.717) is 22.0 Å². The zero-order chi connectivity index (χ0) is 10.0. The largest absolute Gasteiger partial charge is 0.294 e. The van der Waals surface area contributed by atoms with Gasteiger partial charge in [-0.3, -0.25) is 4.79 Å². The van der Waals surface area contributed by atoms with E-state index in [1.54, 1.807) is 12.1 Å². The first-order chi connectivity index (χ1) is 6.06. The molecule has 0 saturated heterocycles. The topological polar surface area (TPSA) is 17.1 Å². The van der Waals surface area contributed by atoms with Crippen LogP contribution in [-0.4, -0.2) is 5.78 Å². The minimum absolute atomic E-state index is 0.0936. The summed E-state index contributed by atoms with van der Waals surface area (Å²) in [7, 11) is 0. The van der Waals surface area contributed by atoms with Gasteiger partial charge in [-0.05, 0) is 24.6 Å². The second-order valence-electron chi connectivity index (χ2n) is 2.86. The van der Waals surface area contributed by atoms with Gasteiger partial charge in [0.25, 0.3) is 0 Å². The van der Waals surface area contributed by atoms with Gasteiger partial charge in [0.2, 0.25) is 0 Å². The lowest BCUT2D eigenvalue weighted by Crippen LogP contribution is -1.99. The van der Waals surface area contributed by atoms with E-state index in [4.69, 9.17) is 23.2 Å². The summed E-state index contributed by atoms with van der Waals surface area (Å²) in [6.07, 6.45) is 0.485. The third-order valence-corrected chi connectivity index (χ3v) is 2.61. The lowest BCUT2D eigenvalue weighted by atomic mass is 10.0. The van der Waals surface area contributed by atoms with Gasteiger partial charge in [-0.2, -0.15) is 0 Å². The van der Waals surface area contributed by atoms with Crippen LogP contribution in [0.4, 0.5) is 0 Å². The molecule has 1 aromatic rings. The molecule has 0 fully saturated rings. The number of benzene rings is 1. The summed E-state index contributed by atoms with van der Waals surface area (Å²) in [6.45, 7) is 3.68. The predicted octanol–water partition coefficient (Wildman–Crippen LogP) is 3.89. The lowest BCUT2D eigenvalue weighted by molar-refractivity contribution is 0.0987. The molecule has 1 aromatic carbocycles. The molecule has 1 nitrogen and oxygen atoms in total. The highest BCUT2D eigenvalue weighted by Gasteiger charge is 2.09. The Morgan fingerprint density at radius 1 is 1.31 bits per heavy atom. The smallest absolute Gasteiger partial charge is 0.162 e. The number of rotatable bonds is 2. The Kier molecular flexibility index (Phi) is 3.34. The molecule has 0 aliphatic carbocycles. The molecule has 0 unspecified atom stereocenters. The third-order valence-electron chi connectivity index (χ3n) is 1.89. The van der Waals surface area contributed by atoms with Gasteiger partial charge in [0.05, 0.1) is 10.0 Å². The first-order valence-electron chi connectivity index (χ1n) is 4.05. The van der Waals surface area contributed by atoms with Crippen LogP contribution < -0.4 is 0 Å². The fraction of sp³-hybridized carbons (Fsp3) is 0.300. The molecule has 0 amide bonds. The third kappa shape index (κ3) is 2.23. The molecule has 0 aliphatic rings. The molecule has 3 heteroatoms. The first kappa shape index (κ1) is 10.6. The summed E-state index contributed by atoms with van der Waals surface area (Å²) in [6, 6.07) is 3.35. The van der Waals surface area contributed by atoms with Crippen LogP contribution in [0.25, 0.3) is 0 Å². The van der Waals surface area contributed by atoms with Gasteiger partial charge in [-0.15, -0.1) is 0 Å². The van der Waals surface area contributed by atoms with Crippen molar-refractivity contribution in [1.82, 2.24) is 0 Å². The second kappa shape index (κ2) is 4.12. The molecule has 0 aliphatic heterocycles. The molecule has 0 radical (unpaired) electrons. The van der Waals surface area contributed by atoms with Gasteiger partial charge in [0, 0.05) is 12.0 Å². The summed E-state index contributed by atoms with van der Waals surface area (Å²) < 4.78 is 0. The molecule has 13 heavy (non-hydrogen) atoms. The van der Waals surface area contributed by atoms with E-state index in [1.165, 1.54) is 0 Å². The van der Waals surface area contributed by atoms with Gasteiger partial charge < -0.3 is 0 Å². The number of hydrogen-bond donors (Lipinski definition) is 0. The van der Waals surface area contributed by atoms with Crippen LogP contribution in [0.5, 0.6) is 0 Å². The van der Waals surface area contributed by atoms with E-state index in [1.807, 2.05) is 13.8 Å². The van der Waals surface area contributed by atoms with Gasteiger partial charge in [-0.1, -0.05) is 30.1 Å². The number of carbonyl (C=O) groups is 1. The molecule has 70 valence electrons. The molecule has 0 saturated carbocycles. The molecular formula is C10H10Cl2O. The van der Waals surface area contributed by atoms with Crippen molar-refractivity contribution >= 4 is 29.0 Å². The van der Waals surface area contributed by atoms with Crippen molar-refractivity contribution < 1.29 is 4.79 Å². The Morgan fingerprint density at radius 3 is 2.38 bits per heavy atom. The summed E-state index contributed by atoms with van der Waals surface area (Å²) in [5, 5.41) is 0.927. The molecule has 0 heterocycles. The monoisotopic (exact) mass is 216 g/mol. The van der Waals surface area contributed by atoms with Gasteiger partial charge in [0.1, 0.15) is 0 Å². The van der Waals surface area contributed by atoms with E-state index in [-0.39, 0.29) is 5.78 Å². The highest BCUT2D eigenvalue weighted by Crippen LogP contribution is 2.26. The van der Waals surface area contributed by atoms with Crippen LogP contribution in [0.1, 0.15) is 29.3 Å². The van der Waals surface area contributed by atoms with E-state index in [2.05, 4.69) is 0 Å². The Hall–Kier alpha value is -0.530. The average Bonchev–Trinajstić information content (AvgIpc) is 2.10. The minimum Gasteiger partial charge on any atom is -0.294 e. The Bertz CT molecular complexity index is 345. The summed E-state index contributed by atoms with van der Waals surface area (Å²) in [4.78, 5) is 11.4.